The second-order valence-electron chi connectivity index (χ2n) is 2.77. The van der Waals surface area contributed by atoms with Gasteiger partial charge in [-0.25, -0.2) is 0 Å². The van der Waals surface area contributed by atoms with Gasteiger partial charge in [0.15, 0.2) is 0 Å². The van der Waals surface area contributed by atoms with Gasteiger partial charge in [-0.2, -0.15) is 0 Å². The van der Waals surface area contributed by atoms with Crippen LogP contribution in [-0.2, 0) is 0 Å². The van der Waals surface area contributed by atoms with Crippen LogP contribution in [0.5, 0.6) is 0 Å². The van der Waals surface area contributed by atoms with E-state index in [1.807, 2.05) is 0 Å². The summed E-state index contributed by atoms with van der Waals surface area (Å²) in [5.74, 6) is 1.30. The van der Waals surface area contributed by atoms with Crippen molar-refractivity contribution in [2.75, 3.05) is 19.7 Å². The molecule has 10 heavy (non-hydrogen) atoms. The normalized spacial score (nSPS) is 21.0. The summed E-state index contributed by atoms with van der Waals surface area (Å²) < 4.78 is 0. The highest BCUT2D eigenvalue weighted by Gasteiger charge is 2.24. The molecule has 62 valence electrons. The van der Waals surface area contributed by atoms with Crippen molar-refractivity contribution in [3.63, 3.8) is 0 Å². The van der Waals surface area contributed by atoms with E-state index >= 15 is 0 Å². The molecular formula is C7H16ClNO. The molecule has 0 amide bonds. The van der Waals surface area contributed by atoms with Gasteiger partial charge in [0.2, 0.25) is 0 Å². The Hall–Kier alpha value is 0.210. The Kier molecular flexibility index (Phi) is 5.04. The average Bonchev–Trinajstić information content (AvgIpc) is 1.78. The van der Waals surface area contributed by atoms with Crippen molar-refractivity contribution in [2.24, 2.45) is 11.8 Å². The van der Waals surface area contributed by atoms with Gasteiger partial charge in [-0.15, -0.1) is 12.4 Å². The van der Waals surface area contributed by atoms with Gasteiger partial charge in [-0.3, -0.25) is 0 Å². The van der Waals surface area contributed by atoms with E-state index in [1.54, 1.807) is 0 Å². The maximum Gasteiger partial charge on any atom is 0.0462 e. The highest BCUT2D eigenvalue weighted by atomic mass is 35.5. The predicted octanol–water partition coefficient (Wildman–Crippen LogP) is 0.646. The third kappa shape index (κ3) is 2.11. The summed E-state index contributed by atoms with van der Waals surface area (Å²) in [7, 11) is 0. The number of aliphatic hydroxyl groups excluding tert-OH is 1. The first-order valence-corrected chi connectivity index (χ1v) is 3.70. The van der Waals surface area contributed by atoms with Crippen LogP contribution < -0.4 is 5.32 Å². The third-order valence-corrected chi connectivity index (χ3v) is 2.24. The number of nitrogens with one attached hydrogen (secondary N) is 1. The molecule has 0 aliphatic carbocycles. The molecule has 1 unspecified atom stereocenters. The largest absolute Gasteiger partial charge is 0.396 e. The summed E-state index contributed by atoms with van der Waals surface area (Å²) in [5, 5.41) is 12.0. The lowest BCUT2D eigenvalue weighted by atomic mass is 9.86. The molecule has 0 aromatic carbocycles. The Morgan fingerprint density at radius 2 is 2.20 bits per heavy atom. The zero-order valence-corrected chi connectivity index (χ0v) is 7.16. The van der Waals surface area contributed by atoms with Gasteiger partial charge in [0, 0.05) is 6.61 Å². The van der Waals surface area contributed by atoms with Crippen molar-refractivity contribution in [1.82, 2.24) is 5.32 Å². The van der Waals surface area contributed by atoms with Crippen LogP contribution in [0.15, 0.2) is 0 Å². The van der Waals surface area contributed by atoms with Gasteiger partial charge < -0.3 is 10.4 Å². The summed E-state index contributed by atoms with van der Waals surface area (Å²) in [6.45, 7) is 4.72. The number of hydrogen-bond acceptors (Lipinski definition) is 2. The van der Waals surface area contributed by atoms with Gasteiger partial charge in [-0.1, -0.05) is 13.3 Å². The molecule has 1 saturated heterocycles. The molecule has 0 saturated carbocycles. The zero-order valence-electron chi connectivity index (χ0n) is 6.34. The predicted molar refractivity (Wildman–Crippen MR) is 44.5 cm³/mol. The Balaban J connectivity index is 0.000000810. The molecular weight excluding hydrogens is 150 g/mol. The molecule has 1 atom stereocenters. The Morgan fingerprint density at radius 3 is 2.30 bits per heavy atom. The van der Waals surface area contributed by atoms with Crippen LogP contribution >= 0.6 is 12.4 Å². The maximum atomic E-state index is 8.83. The molecule has 2 N–H and O–H groups in total. The van der Waals surface area contributed by atoms with Crippen LogP contribution in [-0.4, -0.2) is 24.8 Å². The van der Waals surface area contributed by atoms with Crippen LogP contribution in [0.2, 0.25) is 0 Å². The fourth-order valence-electron chi connectivity index (χ4n) is 1.26. The first kappa shape index (κ1) is 10.2. The number of halogens is 1. The summed E-state index contributed by atoms with van der Waals surface area (Å²) in [5.41, 5.74) is 0. The second-order valence-corrected chi connectivity index (χ2v) is 2.77. The van der Waals surface area contributed by atoms with Gasteiger partial charge in [0.05, 0.1) is 0 Å². The lowest BCUT2D eigenvalue weighted by Gasteiger charge is -2.33. The molecule has 1 fully saturated rings. The molecule has 0 spiro atoms. The Morgan fingerprint density at radius 1 is 1.60 bits per heavy atom. The number of rotatable bonds is 3. The van der Waals surface area contributed by atoms with Crippen LogP contribution in [0.25, 0.3) is 0 Å². The lowest BCUT2D eigenvalue weighted by Crippen LogP contribution is -2.46. The quantitative estimate of drug-likeness (QED) is 0.644. The number of aliphatic hydroxyl groups is 1. The maximum absolute atomic E-state index is 8.83. The molecule has 1 heterocycles. The number of hydrogen-bond donors (Lipinski definition) is 2. The van der Waals surface area contributed by atoms with Crippen LogP contribution in [0, 0.1) is 11.8 Å². The van der Waals surface area contributed by atoms with Crippen molar-refractivity contribution in [3.8, 4) is 0 Å². The van der Waals surface area contributed by atoms with E-state index in [2.05, 4.69) is 12.2 Å². The van der Waals surface area contributed by atoms with E-state index in [9.17, 15) is 0 Å². The molecule has 1 rings (SSSR count). The third-order valence-electron chi connectivity index (χ3n) is 2.24. The summed E-state index contributed by atoms with van der Waals surface area (Å²) in [4.78, 5) is 0. The summed E-state index contributed by atoms with van der Waals surface area (Å²) in [6.07, 6.45) is 1.11. The first-order chi connectivity index (χ1) is 4.38. The molecule has 1 aliphatic rings. The molecule has 0 bridgehead atoms. The van der Waals surface area contributed by atoms with E-state index in [1.165, 1.54) is 0 Å². The monoisotopic (exact) mass is 165 g/mol. The second kappa shape index (κ2) is 4.94. The van der Waals surface area contributed by atoms with Gasteiger partial charge >= 0.3 is 0 Å². The smallest absolute Gasteiger partial charge is 0.0462 e. The lowest BCUT2D eigenvalue weighted by molar-refractivity contribution is 0.135. The molecule has 2 nitrogen and oxygen atoms in total. The van der Waals surface area contributed by atoms with E-state index < -0.39 is 0 Å². The highest BCUT2D eigenvalue weighted by Crippen LogP contribution is 2.18. The fourth-order valence-corrected chi connectivity index (χ4v) is 1.26. The molecule has 0 aromatic rings. The van der Waals surface area contributed by atoms with Gasteiger partial charge in [0.1, 0.15) is 0 Å². The minimum absolute atomic E-state index is 0. The minimum Gasteiger partial charge on any atom is -0.396 e. The van der Waals surface area contributed by atoms with Crippen molar-refractivity contribution < 1.29 is 5.11 Å². The molecule has 0 aromatic heterocycles. The van der Waals surface area contributed by atoms with E-state index in [-0.39, 0.29) is 12.4 Å². The van der Waals surface area contributed by atoms with Crippen LogP contribution in [0.1, 0.15) is 13.3 Å². The fraction of sp³-hybridized carbons (Fsp3) is 1.00. The van der Waals surface area contributed by atoms with E-state index in [0.717, 1.165) is 25.4 Å². The highest BCUT2D eigenvalue weighted by molar-refractivity contribution is 5.85. The molecule has 1 aliphatic heterocycles. The molecule has 3 heteroatoms. The first-order valence-electron chi connectivity index (χ1n) is 3.70. The van der Waals surface area contributed by atoms with Crippen LogP contribution in [0.3, 0.4) is 0 Å². The van der Waals surface area contributed by atoms with Crippen molar-refractivity contribution in [3.05, 3.63) is 0 Å². The van der Waals surface area contributed by atoms with E-state index in [4.69, 9.17) is 5.11 Å². The van der Waals surface area contributed by atoms with Gasteiger partial charge in [-0.05, 0) is 24.9 Å². The van der Waals surface area contributed by atoms with Crippen molar-refractivity contribution in [1.29, 1.82) is 0 Å². The minimum atomic E-state index is 0. The zero-order chi connectivity index (χ0) is 6.69. The average molecular weight is 166 g/mol. The van der Waals surface area contributed by atoms with Crippen LogP contribution in [0.4, 0.5) is 0 Å². The Labute approximate surface area is 68.4 Å². The standard InChI is InChI=1S/C7H15NO.ClH/c1-2-6(5-9)7-3-8-4-7;/h6-9H,2-5H2,1H3;1H. The summed E-state index contributed by atoms with van der Waals surface area (Å²) in [6, 6.07) is 0. The van der Waals surface area contributed by atoms with Crippen molar-refractivity contribution in [2.45, 2.75) is 13.3 Å². The summed E-state index contributed by atoms with van der Waals surface area (Å²) >= 11 is 0. The van der Waals surface area contributed by atoms with E-state index in [0.29, 0.717) is 12.5 Å². The Bertz CT molecular complexity index is 81.7. The van der Waals surface area contributed by atoms with Crippen molar-refractivity contribution >= 4 is 12.4 Å². The SMILES string of the molecule is CCC(CO)C1CNC1.Cl. The molecule has 0 radical (unpaired) electrons. The topological polar surface area (TPSA) is 32.3 Å². The van der Waals surface area contributed by atoms with Gasteiger partial charge in [0.25, 0.3) is 0 Å².